The Labute approximate surface area is 78.9 Å². The molecule has 2 rings (SSSR count). The first-order valence-corrected chi connectivity index (χ1v) is 4.73. The second-order valence-electron chi connectivity index (χ2n) is 3.49. The van der Waals surface area contributed by atoms with Gasteiger partial charge in [0, 0.05) is 18.8 Å². The monoisotopic (exact) mass is 177 g/mol. The van der Waals surface area contributed by atoms with E-state index < -0.39 is 0 Å². The van der Waals surface area contributed by atoms with Crippen molar-refractivity contribution in [2.24, 2.45) is 0 Å². The lowest BCUT2D eigenvalue weighted by atomic mass is 9.99. The van der Waals surface area contributed by atoms with E-state index in [0.29, 0.717) is 6.04 Å². The van der Waals surface area contributed by atoms with Crippen molar-refractivity contribution < 1.29 is 4.74 Å². The molecular formula is C11H15NO. The van der Waals surface area contributed by atoms with E-state index in [1.165, 1.54) is 17.7 Å². The molecule has 2 nitrogen and oxygen atoms in total. The number of ether oxygens (including phenoxy) is 1. The minimum Gasteiger partial charge on any atom is -0.383 e. The summed E-state index contributed by atoms with van der Waals surface area (Å²) >= 11 is 0. The number of para-hydroxylation sites is 1. The molecular weight excluding hydrogens is 162 g/mol. The summed E-state index contributed by atoms with van der Waals surface area (Å²) in [4.78, 5) is 0. The molecule has 2 heteroatoms. The number of anilines is 1. The van der Waals surface area contributed by atoms with Crippen molar-refractivity contribution in [1.82, 2.24) is 0 Å². The van der Waals surface area contributed by atoms with Crippen LogP contribution in [0.5, 0.6) is 0 Å². The van der Waals surface area contributed by atoms with Crippen molar-refractivity contribution in [3.05, 3.63) is 29.8 Å². The van der Waals surface area contributed by atoms with E-state index in [0.717, 1.165) is 13.0 Å². The second-order valence-corrected chi connectivity index (χ2v) is 3.49. The molecule has 0 spiro atoms. The summed E-state index contributed by atoms with van der Waals surface area (Å²) in [5, 5.41) is 3.47. The quantitative estimate of drug-likeness (QED) is 0.746. The topological polar surface area (TPSA) is 21.3 Å². The molecule has 1 aromatic carbocycles. The molecule has 0 radical (unpaired) electrons. The van der Waals surface area contributed by atoms with Crippen LogP contribution in [0.3, 0.4) is 0 Å². The highest BCUT2D eigenvalue weighted by Gasteiger charge is 2.16. The van der Waals surface area contributed by atoms with Crippen molar-refractivity contribution in [2.45, 2.75) is 18.9 Å². The summed E-state index contributed by atoms with van der Waals surface area (Å²) in [5.74, 6) is 0. The first-order chi connectivity index (χ1) is 6.40. The fourth-order valence-corrected chi connectivity index (χ4v) is 1.83. The SMILES string of the molecule is COC[C@H]1CCc2ccccc2N1. The molecule has 0 aromatic heterocycles. The zero-order valence-electron chi connectivity index (χ0n) is 7.92. The van der Waals surface area contributed by atoms with Gasteiger partial charge < -0.3 is 10.1 Å². The van der Waals surface area contributed by atoms with Crippen molar-refractivity contribution >= 4 is 5.69 Å². The Morgan fingerprint density at radius 3 is 3.15 bits per heavy atom. The number of methoxy groups -OCH3 is 1. The number of rotatable bonds is 2. The maximum Gasteiger partial charge on any atom is 0.0664 e. The third kappa shape index (κ3) is 1.83. The van der Waals surface area contributed by atoms with Gasteiger partial charge in [-0.05, 0) is 24.5 Å². The first-order valence-electron chi connectivity index (χ1n) is 4.73. The number of aryl methyl sites for hydroxylation is 1. The molecule has 0 amide bonds. The van der Waals surface area contributed by atoms with Crippen molar-refractivity contribution in [3.63, 3.8) is 0 Å². The predicted molar refractivity (Wildman–Crippen MR) is 54.0 cm³/mol. The molecule has 1 aliphatic rings. The van der Waals surface area contributed by atoms with E-state index in [9.17, 15) is 0 Å². The standard InChI is InChI=1S/C11H15NO/c1-13-8-10-7-6-9-4-2-3-5-11(9)12-10/h2-5,10,12H,6-8H2,1H3/t10-/m1/s1. The van der Waals surface area contributed by atoms with Crippen LogP contribution in [-0.4, -0.2) is 19.8 Å². The van der Waals surface area contributed by atoms with Gasteiger partial charge in [0.1, 0.15) is 0 Å². The molecule has 13 heavy (non-hydrogen) atoms. The fourth-order valence-electron chi connectivity index (χ4n) is 1.83. The van der Waals surface area contributed by atoms with Crippen molar-refractivity contribution in [2.75, 3.05) is 19.0 Å². The van der Waals surface area contributed by atoms with Gasteiger partial charge in [-0.25, -0.2) is 0 Å². The van der Waals surface area contributed by atoms with Gasteiger partial charge in [-0.2, -0.15) is 0 Å². The molecule has 0 bridgehead atoms. The van der Waals surface area contributed by atoms with Crippen molar-refractivity contribution in [3.8, 4) is 0 Å². The van der Waals surface area contributed by atoms with E-state index in [1.807, 2.05) is 0 Å². The van der Waals surface area contributed by atoms with E-state index >= 15 is 0 Å². The Bertz CT molecular complexity index is 285. The van der Waals surface area contributed by atoms with Crippen LogP contribution in [0.2, 0.25) is 0 Å². The minimum atomic E-state index is 0.486. The summed E-state index contributed by atoms with van der Waals surface area (Å²) in [6, 6.07) is 8.97. The van der Waals surface area contributed by atoms with Crippen LogP contribution in [0.4, 0.5) is 5.69 Å². The Kier molecular flexibility index (Phi) is 2.50. The Morgan fingerprint density at radius 1 is 1.46 bits per heavy atom. The highest BCUT2D eigenvalue weighted by Crippen LogP contribution is 2.23. The number of fused-ring (bicyclic) bond motifs is 1. The van der Waals surface area contributed by atoms with E-state index in [2.05, 4.69) is 29.6 Å². The molecule has 1 heterocycles. The molecule has 0 aliphatic carbocycles. The molecule has 0 fully saturated rings. The average molecular weight is 177 g/mol. The maximum atomic E-state index is 5.13. The van der Waals surface area contributed by atoms with E-state index in [4.69, 9.17) is 4.74 Å². The largest absolute Gasteiger partial charge is 0.383 e. The van der Waals surface area contributed by atoms with Gasteiger partial charge in [0.25, 0.3) is 0 Å². The van der Waals surface area contributed by atoms with Gasteiger partial charge in [0.2, 0.25) is 0 Å². The summed E-state index contributed by atoms with van der Waals surface area (Å²) < 4.78 is 5.13. The third-order valence-electron chi connectivity index (χ3n) is 2.51. The van der Waals surface area contributed by atoms with Crippen LogP contribution in [0, 0.1) is 0 Å². The average Bonchev–Trinajstić information content (AvgIpc) is 2.18. The Hall–Kier alpha value is -1.02. The van der Waals surface area contributed by atoms with Crippen molar-refractivity contribution in [1.29, 1.82) is 0 Å². The van der Waals surface area contributed by atoms with Gasteiger partial charge >= 0.3 is 0 Å². The van der Waals surface area contributed by atoms with Gasteiger partial charge in [-0.15, -0.1) is 0 Å². The van der Waals surface area contributed by atoms with Gasteiger partial charge in [-0.3, -0.25) is 0 Å². The Balaban J connectivity index is 2.11. The van der Waals surface area contributed by atoms with Crippen LogP contribution in [0.25, 0.3) is 0 Å². The third-order valence-corrected chi connectivity index (χ3v) is 2.51. The normalized spacial score (nSPS) is 20.5. The van der Waals surface area contributed by atoms with Crippen LogP contribution in [-0.2, 0) is 11.2 Å². The molecule has 1 aliphatic heterocycles. The van der Waals surface area contributed by atoms with Crippen LogP contribution < -0.4 is 5.32 Å². The lowest BCUT2D eigenvalue weighted by molar-refractivity contribution is 0.182. The first kappa shape index (κ1) is 8.57. The molecule has 1 N–H and O–H groups in total. The summed E-state index contributed by atoms with van der Waals surface area (Å²) in [5.41, 5.74) is 2.70. The minimum absolute atomic E-state index is 0.486. The van der Waals surface area contributed by atoms with Gasteiger partial charge in [-0.1, -0.05) is 18.2 Å². The van der Waals surface area contributed by atoms with Crippen LogP contribution in [0.15, 0.2) is 24.3 Å². The smallest absolute Gasteiger partial charge is 0.0664 e. The van der Waals surface area contributed by atoms with E-state index in [-0.39, 0.29) is 0 Å². The number of hydrogen-bond acceptors (Lipinski definition) is 2. The predicted octanol–water partition coefficient (Wildman–Crippen LogP) is 2.06. The van der Waals surface area contributed by atoms with Crippen LogP contribution in [0.1, 0.15) is 12.0 Å². The lowest BCUT2D eigenvalue weighted by Crippen LogP contribution is -2.29. The number of benzene rings is 1. The van der Waals surface area contributed by atoms with E-state index in [1.54, 1.807) is 7.11 Å². The fraction of sp³-hybridized carbons (Fsp3) is 0.455. The summed E-state index contributed by atoms with van der Waals surface area (Å²) in [6.45, 7) is 0.800. The number of hydrogen-bond donors (Lipinski definition) is 1. The number of nitrogens with one attached hydrogen (secondary N) is 1. The highest BCUT2D eigenvalue weighted by atomic mass is 16.5. The van der Waals surface area contributed by atoms with Gasteiger partial charge in [0.15, 0.2) is 0 Å². The molecule has 1 aromatic rings. The molecule has 0 saturated carbocycles. The maximum absolute atomic E-state index is 5.13. The second kappa shape index (κ2) is 3.79. The Morgan fingerprint density at radius 2 is 2.31 bits per heavy atom. The summed E-state index contributed by atoms with van der Waals surface area (Å²) in [6.07, 6.45) is 2.34. The molecule has 70 valence electrons. The molecule has 0 unspecified atom stereocenters. The highest BCUT2D eigenvalue weighted by molar-refractivity contribution is 5.53. The summed E-state index contributed by atoms with van der Waals surface area (Å²) in [7, 11) is 1.75. The van der Waals surface area contributed by atoms with Crippen LogP contribution >= 0.6 is 0 Å². The lowest BCUT2D eigenvalue weighted by Gasteiger charge is -2.26. The zero-order chi connectivity index (χ0) is 9.10. The zero-order valence-corrected chi connectivity index (χ0v) is 7.92. The molecule has 0 saturated heterocycles. The molecule has 1 atom stereocenters. The van der Waals surface area contributed by atoms with Gasteiger partial charge in [0.05, 0.1) is 6.61 Å².